The molecule has 2 aromatic rings. The average molecular weight is 370 g/mol. The molecule has 2 nitrogen and oxygen atoms in total. The maximum atomic E-state index is 4.28. The number of imidazole rings is 1. The quantitative estimate of drug-likeness (QED) is 0.711. The highest BCUT2D eigenvalue weighted by Gasteiger charge is 1.98. The molecule has 0 bridgehead atoms. The predicted molar refractivity (Wildman–Crippen MR) is 61.5 cm³/mol. The lowest BCUT2D eigenvalue weighted by molar-refractivity contribution is 1.26. The van der Waals surface area contributed by atoms with Gasteiger partial charge in [-0.25, -0.2) is 4.98 Å². The molecule has 0 aliphatic heterocycles. The summed E-state index contributed by atoms with van der Waals surface area (Å²) in [5.41, 5.74) is 2.15. The second kappa shape index (κ2) is 2.89. The lowest BCUT2D eigenvalue weighted by atomic mass is 10.3. The van der Waals surface area contributed by atoms with E-state index < -0.39 is 0 Å². The molecule has 0 aliphatic rings. The fourth-order valence-electron chi connectivity index (χ4n) is 0.951. The van der Waals surface area contributed by atoms with E-state index in [-0.39, 0.29) is 0 Å². The van der Waals surface area contributed by atoms with Crippen LogP contribution in [0.2, 0.25) is 0 Å². The molecule has 1 N–H and O–H groups in total. The van der Waals surface area contributed by atoms with Gasteiger partial charge in [-0.1, -0.05) is 0 Å². The summed E-state index contributed by atoms with van der Waals surface area (Å²) < 4.78 is 2.18. The van der Waals surface area contributed by atoms with Gasteiger partial charge in [0, 0.05) is 3.57 Å². The molecular formula is C7H4I2N2. The fraction of sp³-hybridized carbons (Fsp3) is 0. The van der Waals surface area contributed by atoms with E-state index in [1.54, 1.807) is 0 Å². The molecule has 0 aliphatic carbocycles. The summed E-state index contributed by atoms with van der Waals surface area (Å²) in [4.78, 5) is 7.45. The number of benzene rings is 1. The van der Waals surface area contributed by atoms with E-state index in [4.69, 9.17) is 0 Å². The molecule has 1 aromatic carbocycles. The van der Waals surface area contributed by atoms with Crippen molar-refractivity contribution in [3.05, 3.63) is 25.6 Å². The van der Waals surface area contributed by atoms with Gasteiger partial charge in [0.1, 0.15) is 0 Å². The molecule has 0 spiro atoms. The number of hydrogen-bond donors (Lipinski definition) is 1. The van der Waals surface area contributed by atoms with Crippen LogP contribution in [0.5, 0.6) is 0 Å². The van der Waals surface area contributed by atoms with Gasteiger partial charge >= 0.3 is 0 Å². The van der Waals surface area contributed by atoms with E-state index in [1.807, 2.05) is 6.07 Å². The number of nitrogens with zero attached hydrogens (tertiary/aromatic N) is 1. The number of aromatic nitrogens is 2. The molecule has 0 saturated carbocycles. The molecule has 1 heterocycles. The third-order valence-corrected chi connectivity index (χ3v) is 2.60. The highest BCUT2D eigenvalue weighted by molar-refractivity contribution is 14.1. The van der Waals surface area contributed by atoms with Crippen molar-refractivity contribution in [3.63, 3.8) is 0 Å². The number of H-pyrrole nitrogens is 1. The normalized spacial score (nSPS) is 10.7. The molecule has 0 fully saturated rings. The second-order valence-electron chi connectivity index (χ2n) is 2.19. The van der Waals surface area contributed by atoms with Gasteiger partial charge in [-0.05, 0) is 63.4 Å². The van der Waals surface area contributed by atoms with E-state index >= 15 is 0 Å². The predicted octanol–water partition coefficient (Wildman–Crippen LogP) is 2.77. The van der Waals surface area contributed by atoms with Crippen LogP contribution in [0.25, 0.3) is 11.0 Å². The van der Waals surface area contributed by atoms with Crippen LogP contribution in [0, 0.1) is 7.40 Å². The standard InChI is InChI=1S/C7H4I2N2/c8-4-1-2-5-6(3-4)11-7(9)10-5/h1-3H,(H,10,11). The fourth-order valence-corrected chi connectivity index (χ4v) is 1.99. The van der Waals surface area contributed by atoms with E-state index in [1.165, 1.54) is 3.57 Å². The monoisotopic (exact) mass is 370 g/mol. The molecule has 11 heavy (non-hydrogen) atoms. The van der Waals surface area contributed by atoms with Crippen molar-refractivity contribution in [1.82, 2.24) is 9.97 Å². The summed E-state index contributed by atoms with van der Waals surface area (Å²) in [6.45, 7) is 0. The lowest BCUT2D eigenvalue weighted by Crippen LogP contribution is -1.70. The van der Waals surface area contributed by atoms with Crippen LogP contribution < -0.4 is 0 Å². The Balaban J connectivity index is 2.82. The molecule has 1 aromatic heterocycles. The van der Waals surface area contributed by atoms with Gasteiger partial charge in [-0.2, -0.15) is 0 Å². The minimum Gasteiger partial charge on any atom is -0.333 e. The number of fused-ring (bicyclic) bond motifs is 1. The zero-order valence-corrected chi connectivity index (χ0v) is 9.75. The van der Waals surface area contributed by atoms with Gasteiger partial charge < -0.3 is 4.98 Å². The molecule has 0 unspecified atom stereocenters. The Morgan fingerprint density at radius 3 is 2.91 bits per heavy atom. The highest BCUT2D eigenvalue weighted by Crippen LogP contribution is 2.15. The van der Waals surface area contributed by atoms with Crippen LogP contribution in [-0.2, 0) is 0 Å². The van der Waals surface area contributed by atoms with Gasteiger partial charge in [0.2, 0.25) is 0 Å². The van der Waals surface area contributed by atoms with Crippen molar-refractivity contribution in [2.45, 2.75) is 0 Å². The van der Waals surface area contributed by atoms with Crippen molar-refractivity contribution in [2.24, 2.45) is 0 Å². The van der Waals surface area contributed by atoms with Crippen LogP contribution in [0.15, 0.2) is 18.2 Å². The minimum absolute atomic E-state index is 0.944. The first kappa shape index (κ1) is 7.78. The van der Waals surface area contributed by atoms with Crippen molar-refractivity contribution >= 4 is 56.2 Å². The van der Waals surface area contributed by atoms with E-state index in [2.05, 4.69) is 67.3 Å². The molecule has 0 radical (unpaired) electrons. The van der Waals surface area contributed by atoms with Crippen LogP contribution in [0.4, 0.5) is 0 Å². The Kier molecular flexibility index (Phi) is 2.04. The molecular weight excluding hydrogens is 366 g/mol. The summed E-state index contributed by atoms with van der Waals surface area (Å²) in [5.74, 6) is 0. The van der Waals surface area contributed by atoms with Crippen LogP contribution in [-0.4, -0.2) is 9.97 Å². The lowest BCUT2D eigenvalue weighted by Gasteiger charge is -1.87. The van der Waals surface area contributed by atoms with Gasteiger partial charge in [0.05, 0.1) is 11.0 Å². The molecule has 0 atom stereocenters. The third-order valence-electron chi connectivity index (χ3n) is 1.42. The Morgan fingerprint density at radius 1 is 1.27 bits per heavy atom. The number of nitrogens with one attached hydrogen (secondary N) is 1. The highest BCUT2D eigenvalue weighted by atomic mass is 127. The van der Waals surface area contributed by atoms with Crippen LogP contribution in [0.3, 0.4) is 0 Å². The average Bonchev–Trinajstić information content (AvgIpc) is 2.27. The first-order valence-corrected chi connectivity index (χ1v) is 5.22. The molecule has 2 rings (SSSR count). The molecule has 4 heteroatoms. The minimum atomic E-state index is 0.944. The Bertz CT molecular complexity index is 394. The summed E-state index contributed by atoms with van der Waals surface area (Å²) in [6.07, 6.45) is 0. The second-order valence-corrected chi connectivity index (χ2v) is 4.46. The summed E-state index contributed by atoms with van der Waals surface area (Å²) in [7, 11) is 0. The van der Waals surface area contributed by atoms with E-state index in [0.29, 0.717) is 0 Å². The topological polar surface area (TPSA) is 28.7 Å². The van der Waals surface area contributed by atoms with Gasteiger partial charge in [0.15, 0.2) is 3.83 Å². The zero-order valence-electron chi connectivity index (χ0n) is 5.44. The summed E-state index contributed by atoms with van der Waals surface area (Å²) >= 11 is 4.46. The van der Waals surface area contributed by atoms with Crippen LogP contribution >= 0.6 is 45.2 Å². The third kappa shape index (κ3) is 1.51. The maximum absolute atomic E-state index is 4.28. The smallest absolute Gasteiger partial charge is 0.169 e. The van der Waals surface area contributed by atoms with Crippen molar-refractivity contribution < 1.29 is 0 Å². The SMILES string of the molecule is Ic1ccc2nc(I)[nH]c2c1. The summed E-state index contributed by atoms with van der Waals surface area (Å²) in [5, 5.41) is 0. The van der Waals surface area contributed by atoms with Crippen LogP contribution in [0.1, 0.15) is 0 Å². The van der Waals surface area contributed by atoms with Crippen molar-refractivity contribution in [1.29, 1.82) is 0 Å². The molecule has 56 valence electrons. The Labute approximate surface area is 91.1 Å². The van der Waals surface area contributed by atoms with E-state index in [0.717, 1.165) is 14.9 Å². The van der Waals surface area contributed by atoms with Crippen molar-refractivity contribution in [3.8, 4) is 0 Å². The largest absolute Gasteiger partial charge is 0.333 e. The van der Waals surface area contributed by atoms with E-state index in [9.17, 15) is 0 Å². The number of aromatic amines is 1. The van der Waals surface area contributed by atoms with Gasteiger partial charge in [-0.15, -0.1) is 0 Å². The maximum Gasteiger partial charge on any atom is 0.169 e. The zero-order chi connectivity index (χ0) is 7.84. The number of hydrogen-bond acceptors (Lipinski definition) is 1. The molecule has 0 saturated heterocycles. The van der Waals surface area contributed by atoms with Crippen molar-refractivity contribution in [2.75, 3.05) is 0 Å². The van der Waals surface area contributed by atoms with Gasteiger partial charge in [0.25, 0.3) is 0 Å². The Hall–Kier alpha value is 0.150. The first-order valence-electron chi connectivity index (χ1n) is 3.06. The first-order chi connectivity index (χ1) is 5.25. The number of halogens is 2. The molecule has 0 amide bonds. The summed E-state index contributed by atoms with van der Waals surface area (Å²) in [6, 6.07) is 6.17. The Morgan fingerprint density at radius 2 is 2.09 bits per heavy atom. The number of rotatable bonds is 0. The van der Waals surface area contributed by atoms with Gasteiger partial charge in [-0.3, -0.25) is 0 Å².